The van der Waals surface area contributed by atoms with Crippen LogP contribution < -0.4 is 10.1 Å². The predicted octanol–water partition coefficient (Wildman–Crippen LogP) is 3.69. The smallest absolute Gasteiger partial charge is 0.407 e. The van der Waals surface area contributed by atoms with Crippen molar-refractivity contribution in [2.45, 2.75) is 32.0 Å². The van der Waals surface area contributed by atoms with E-state index < -0.39 is 6.09 Å². The Morgan fingerprint density at radius 3 is 2.47 bits per heavy atom. The van der Waals surface area contributed by atoms with Crippen molar-refractivity contribution in [3.8, 4) is 5.75 Å². The molecule has 1 atom stereocenters. The van der Waals surface area contributed by atoms with Crippen LogP contribution in [0.4, 0.5) is 14.0 Å². The molecular formula is C22H26FN3O4. The molecule has 0 saturated carbocycles. The van der Waals surface area contributed by atoms with Gasteiger partial charge in [-0.3, -0.25) is 0 Å². The normalized spacial score (nSPS) is 16.1. The average Bonchev–Trinajstić information content (AvgIpc) is 2.77. The first-order valence-electron chi connectivity index (χ1n) is 9.86. The third kappa shape index (κ3) is 5.62. The van der Waals surface area contributed by atoms with E-state index in [1.165, 1.54) is 17.0 Å². The number of ether oxygens (including phenoxy) is 1. The van der Waals surface area contributed by atoms with Gasteiger partial charge in [0, 0.05) is 26.2 Å². The summed E-state index contributed by atoms with van der Waals surface area (Å²) in [5.74, 6) is 0.392. The molecular weight excluding hydrogens is 389 g/mol. The SMILES string of the molecule is COc1ccc(CNC(=O)N(Cc2ccc(F)cc2)[C@@H]2CCCN(C(=O)O)C2)cc1. The summed E-state index contributed by atoms with van der Waals surface area (Å²) in [4.78, 5) is 27.4. The Bertz CT molecular complexity index is 858. The van der Waals surface area contributed by atoms with Gasteiger partial charge in [0.2, 0.25) is 0 Å². The lowest BCUT2D eigenvalue weighted by molar-refractivity contribution is 0.0931. The van der Waals surface area contributed by atoms with Crippen LogP contribution in [0.3, 0.4) is 0 Å². The monoisotopic (exact) mass is 415 g/mol. The Hall–Kier alpha value is -3.29. The number of carbonyl (C=O) groups is 2. The summed E-state index contributed by atoms with van der Waals surface area (Å²) >= 11 is 0. The molecule has 0 spiro atoms. The highest BCUT2D eigenvalue weighted by Gasteiger charge is 2.30. The maximum atomic E-state index is 13.3. The van der Waals surface area contributed by atoms with E-state index in [0.717, 1.165) is 16.9 Å². The van der Waals surface area contributed by atoms with Gasteiger partial charge in [0.25, 0.3) is 0 Å². The molecule has 1 aliphatic heterocycles. The molecule has 0 radical (unpaired) electrons. The molecule has 3 amide bonds. The van der Waals surface area contributed by atoms with Crippen molar-refractivity contribution in [1.82, 2.24) is 15.1 Å². The Balaban J connectivity index is 1.72. The van der Waals surface area contributed by atoms with E-state index in [-0.39, 0.29) is 31.0 Å². The minimum atomic E-state index is -0.986. The molecule has 2 aromatic rings. The van der Waals surface area contributed by atoms with E-state index in [4.69, 9.17) is 4.74 Å². The van der Waals surface area contributed by atoms with Crippen molar-refractivity contribution < 1.29 is 23.8 Å². The van der Waals surface area contributed by atoms with E-state index >= 15 is 0 Å². The summed E-state index contributed by atoms with van der Waals surface area (Å²) in [6, 6.07) is 12.8. The number of carbonyl (C=O) groups excluding carboxylic acids is 1. The molecule has 160 valence electrons. The molecule has 0 unspecified atom stereocenters. The summed E-state index contributed by atoms with van der Waals surface area (Å²) < 4.78 is 18.4. The lowest BCUT2D eigenvalue weighted by atomic mass is 10.0. The van der Waals surface area contributed by atoms with Crippen LogP contribution in [0, 0.1) is 5.82 Å². The van der Waals surface area contributed by atoms with Crippen molar-refractivity contribution in [3.05, 3.63) is 65.5 Å². The maximum absolute atomic E-state index is 13.3. The van der Waals surface area contributed by atoms with Crippen LogP contribution in [0.25, 0.3) is 0 Å². The molecule has 1 heterocycles. The Labute approximate surface area is 175 Å². The van der Waals surface area contributed by atoms with Crippen molar-refractivity contribution >= 4 is 12.1 Å². The van der Waals surface area contributed by atoms with E-state index in [0.29, 0.717) is 25.9 Å². The van der Waals surface area contributed by atoms with Crippen LogP contribution >= 0.6 is 0 Å². The number of urea groups is 1. The third-order valence-corrected chi connectivity index (χ3v) is 5.24. The third-order valence-electron chi connectivity index (χ3n) is 5.24. The second kappa shape index (κ2) is 9.96. The fourth-order valence-electron chi connectivity index (χ4n) is 3.56. The van der Waals surface area contributed by atoms with Gasteiger partial charge in [0.05, 0.1) is 13.2 Å². The number of hydrogen-bond donors (Lipinski definition) is 2. The number of piperidine rings is 1. The predicted molar refractivity (Wildman–Crippen MR) is 110 cm³/mol. The van der Waals surface area contributed by atoms with Crippen LogP contribution in [0.1, 0.15) is 24.0 Å². The fourth-order valence-corrected chi connectivity index (χ4v) is 3.56. The van der Waals surface area contributed by atoms with Gasteiger partial charge in [-0.2, -0.15) is 0 Å². The van der Waals surface area contributed by atoms with Crippen LogP contribution in [0.15, 0.2) is 48.5 Å². The second-order valence-electron chi connectivity index (χ2n) is 7.29. The van der Waals surface area contributed by atoms with Crippen LogP contribution in [-0.4, -0.2) is 53.3 Å². The zero-order valence-electron chi connectivity index (χ0n) is 16.9. The number of nitrogens with one attached hydrogen (secondary N) is 1. The van der Waals surface area contributed by atoms with Gasteiger partial charge in [-0.05, 0) is 48.2 Å². The largest absolute Gasteiger partial charge is 0.497 e. The molecule has 30 heavy (non-hydrogen) atoms. The van der Waals surface area contributed by atoms with Gasteiger partial charge >= 0.3 is 12.1 Å². The molecule has 2 aromatic carbocycles. The molecule has 3 rings (SSSR count). The summed E-state index contributed by atoms with van der Waals surface area (Å²) in [5, 5.41) is 12.3. The number of benzene rings is 2. The van der Waals surface area contributed by atoms with E-state index in [1.54, 1.807) is 24.1 Å². The first kappa shape index (κ1) is 21.4. The second-order valence-corrected chi connectivity index (χ2v) is 7.29. The van der Waals surface area contributed by atoms with Gasteiger partial charge in [0.15, 0.2) is 0 Å². The van der Waals surface area contributed by atoms with Crippen LogP contribution in [-0.2, 0) is 13.1 Å². The molecule has 0 bridgehead atoms. The molecule has 1 aliphatic rings. The summed E-state index contributed by atoms with van der Waals surface area (Å²) in [6.07, 6.45) is 0.406. The molecule has 1 fully saturated rings. The molecule has 8 heteroatoms. The maximum Gasteiger partial charge on any atom is 0.407 e. The van der Waals surface area contributed by atoms with Gasteiger partial charge in [-0.15, -0.1) is 0 Å². The van der Waals surface area contributed by atoms with Gasteiger partial charge in [0.1, 0.15) is 11.6 Å². The summed E-state index contributed by atoms with van der Waals surface area (Å²) in [7, 11) is 1.59. The lowest BCUT2D eigenvalue weighted by Crippen LogP contribution is -2.53. The first-order valence-corrected chi connectivity index (χ1v) is 9.86. The highest BCUT2D eigenvalue weighted by molar-refractivity contribution is 5.75. The number of nitrogens with zero attached hydrogens (tertiary/aromatic N) is 2. The Morgan fingerprint density at radius 2 is 1.83 bits per heavy atom. The average molecular weight is 415 g/mol. The number of likely N-dealkylation sites (tertiary alicyclic amines) is 1. The Morgan fingerprint density at radius 1 is 1.17 bits per heavy atom. The van der Waals surface area contributed by atoms with Crippen molar-refractivity contribution in [1.29, 1.82) is 0 Å². The minimum Gasteiger partial charge on any atom is -0.497 e. The van der Waals surface area contributed by atoms with Crippen molar-refractivity contribution in [2.75, 3.05) is 20.2 Å². The van der Waals surface area contributed by atoms with E-state index in [1.807, 2.05) is 24.3 Å². The number of amides is 3. The zero-order valence-corrected chi connectivity index (χ0v) is 16.9. The molecule has 7 nitrogen and oxygen atoms in total. The van der Waals surface area contributed by atoms with E-state index in [2.05, 4.69) is 5.32 Å². The number of halogens is 1. The Kier molecular flexibility index (Phi) is 7.11. The van der Waals surface area contributed by atoms with Crippen molar-refractivity contribution in [2.24, 2.45) is 0 Å². The number of rotatable bonds is 6. The number of methoxy groups -OCH3 is 1. The fraction of sp³-hybridized carbons (Fsp3) is 0.364. The topological polar surface area (TPSA) is 82.1 Å². The molecule has 2 N–H and O–H groups in total. The van der Waals surface area contributed by atoms with Crippen LogP contribution in [0.2, 0.25) is 0 Å². The van der Waals surface area contributed by atoms with Crippen molar-refractivity contribution in [3.63, 3.8) is 0 Å². The minimum absolute atomic E-state index is 0.254. The van der Waals surface area contributed by atoms with Crippen LogP contribution in [0.5, 0.6) is 5.75 Å². The lowest BCUT2D eigenvalue weighted by Gasteiger charge is -2.38. The van der Waals surface area contributed by atoms with Gasteiger partial charge in [-0.1, -0.05) is 24.3 Å². The molecule has 1 saturated heterocycles. The van der Waals surface area contributed by atoms with Gasteiger partial charge < -0.3 is 25.0 Å². The number of hydrogen-bond acceptors (Lipinski definition) is 3. The van der Waals surface area contributed by atoms with E-state index in [9.17, 15) is 19.1 Å². The first-order chi connectivity index (χ1) is 14.5. The zero-order chi connectivity index (χ0) is 21.5. The molecule has 0 aliphatic carbocycles. The molecule has 0 aromatic heterocycles. The number of carboxylic acid groups (broad SMARTS) is 1. The highest BCUT2D eigenvalue weighted by Crippen LogP contribution is 2.20. The summed E-state index contributed by atoms with van der Waals surface area (Å²) in [5.41, 5.74) is 1.70. The van der Waals surface area contributed by atoms with Gasteiger partial charge in [-0.25, -0.2) is 14.0 Å². The quantitative estimate of drug-likeness (QED) is 0.754. The summed E-state index contributed by atoms with van der Waals surface area (Å²) in [6.45, 7) is 1.32. The highest BCUT2D eigenvalue weighted by atomic mass is 19.1. The standard InChI is InChI=1S/C22H26FN3O4/c1-30-20-10-6-16(7-11-20)13-24-21(27)26(14-17-4-8-18(23)9-5-17)19-3-2-12-25(15-19)22(28)29/h4-11,19H,2-3,12-15H2,1H3,(H,24,27)(H,28,29)/t19-/m1/s1.